The van der Waals surface area contributed by atoms with Gasteiger partial charge in [-0.1, -0.05) is 0 Å². The van der Waals surface area contributed by atoms with E-state index in [4.69, 9.17) is 0 Å². The molecule has 2 fully saturated rings. The quantitative estimate of drug-likeness (QED) is 0.461. The van der Waals surface area contributed by atoms with E-state index in [-0.39, 0.29) is 29.5 Å². The molecule has 1 N–H and O–H groups in total. The van der Waals surface area contributed by atoms with Crippen molar-refractivity contribution in [1.82, 2.24) is 4.90 Å². The monoisotopic (exact) mass is 384 g/mol. The molecule has 0 spiro atoms. The topological polar surface area (TPSA) is 104 Å². The lowest BCUT2D eigenvalue weighted by molar-refractivity contribution is -0.171. The van der Waals surface area contributed by atoms with Gasteiger partial charge in [0.15, 0.2) is 5.41 Å². The number of β-lactam (4-membered cyclic amide) rings is 1. The number of thioether (sulfide) groups is 1. The lowest BCUT2D eigenvalue weighted by Gasteiger charge is -2.55. The minimum atomic E-state index is -1.78. The zero-order valence-corrected chi connectivity index (χ0v) is 15.1. The maximum absolute atomic E-state index is 12.6. The molecule has 3 heterocycles. The van der Waals surface area contributed by atoms with Gasteiger partial charge in [0.05, 0.1) is 12.1 Å². The Morgan fingerprint density at radius 3 is 2.68 bits per heavy atom. The van der Waals surface area contributed by atoms with Gasteiger partial charge in [-0.15, -0.1) is 23.1 Å². The van der Waals surface area contributed by atoms with Gasteiger partial charge in [0.1, 0.15) is 11.4 Å². The highest BCUT2D eigenvalue weighted by Crippen LogP contribution is 2.45. The number of fused-ring (bicyclic) bond motifs is 1. The number of carbonyl (C=O) groups excluding carboxylic acids is 3. The van der Waals surface area contributed by atoms with Crippen LogP contribution in [0.3, 0.4) is 0 Å². The number of carboxylic acid groups (broad SMARTS) is 1. The fourth-order valence-electron chi connectivity index (χ4n) is 3.09. The van der Waals surface area contributed by atoms with Crippen LogP contribution in [0.15, 0.2) is 17.5 Å². The number of methoxy groups -OCH3 is 1. The van der Waals surface area contributed by atoms with Gasteiger partial charge in [0, 0.05) is 19.2 Å². The SMILES string of the molecule is COC(=O)C1(C(=O)O)CS[C@@H]2C(N(C(C)=O)c3cccs3)C(=O)N2C1. The van der Waals surface area contributed by atoms with E-state index >= 15 is 0 Å². The summed E-state index contributed by atoms with van der Waals surface area (Å²) in [5, 5.41) is 11.6. The molecule has 3 atom stereocenters. The van der Waals surface area contributed by atoms with Crippen LogP contribution in [0.4, 0.5) is 5.00 Å². The Labute approximate surface area is 151 Å². The third-order valence-electron chi connectivity index (χ3n) is 4.40. The number of thiophene rings is 1. The van der Waals surface area contributed by atoms with E-state index in [1.807, 2.05) is 5.38 Å². The van der Waals surface area contributed by atoms with Crippen LogP contribution in [0.5, 0.6) is 0 Å². The van der Waals surface area contributed by atoms with Crippen molar-refractivity contribution in [2.45, 2.75) is 18.3 Å². The van der Waals surface area contributed by atoms with Crippen molar-refractivity contribution in [2.24, 2.45) is 5.41 Å². The summed E-state index contributed by atoms with van der Waals surface area (Å²) in [6.45, 7) is 1.14. The van der Waals surface area contributed by atoms with Crippen molar-refractivity contribution in [3.63, 3.8) is 0 Å². The largest absolute Gasteiger partial charge is 0.480 e. The summed E-state index contributed by atoms with van der Waals surface area (Å²) in [5.41, 5.74) is -1.78. The number of hydrogen-bond acceptors (Lipinski definition) is 7. The second kappa shape index (κ2) is 6.34. The first-order valence-corrected chi connectivity index (χ1v) is 9.33. The molecule has 2 aliphatic heterocycles. The van der Waals surface area contributed by atoms with Gasteiger partial charge in [-0.3, -0.25) is 24.1 Å². The summed E-state index contributed by atoms with van der Waals surface area (Å²) in [6.07, 6.45) is 0. The van der Waals surface area contributed by atoms with Crippen LogP contribution >= 0.6 is 23.1 Å². The molecule has 8 nitrogen and oxygen atoms in total. The van der Waals surface area contributed by atoms with Crippen LogP contribution < -0.4 is 4.90 Å². The van der Waals surface area contributed by atoms with Crippen LogP contribution in [0.25, 0.3) is 0 Å². The maximum atomic E-state index is 12.6. The molecule has 2 aliphatic rings. The minimum Gasteiger partial charge on any atom is -0.480 e. The van der Waals surface area contributed by atoms with Crippen LogP contribution in [0, 0.1) is 5.41 Å². The third kappa shape index (κ3) is 2.60. The molecule has 25 heavy (non-hydrogen) atoms. The number of anilines is 1. The number of carbonyl (C=O) groups is 4. The fourth-order valence-corrected chi connectivity index (χ4v) is 5.46. The molecule has 10 heteroatoms. The van der Waals surface area contributed by atoms with Gasteiger partial charge in [0.2, 0.25) is 11.8 Å². The molecule has 0 aliphatic carbocycles. The summed E-state index contributed by atoms with van der Waals surface area (Å²) >= 11 is 2.53. The fraction of sp³-hybridized carbons (Fsp3) is 0.467. The van der Waals surface area contributed by atoms with Gasteiger partial charge >= 0.3 is 11.9 Å². The van der Waals surface area contributed by atoms with Crippen LogP contribution in [-0.4, -0.2) is 64.6 Å². The van der Waals surface area contributed by atoms with E-state index in [1.165, 1.54) is 39.8 Å². The number of aliphatic carboxylic acids is 1. The normalized spacial score (nSPS) is 27.9. The molecule has 134 valence electrons. The first kappa shape index (κ1) is 17.7. The van der Waals surface area contributed by atoms with Gasteiger partial charge in [-0.25, -0.2) is 0 Å². The smallest absolute Gasteiger partial charge is 0.325 e. The highest BCUT2D eigenvalue weighted by atomic mass is 32.2. The van der Waals surface area contributed by atoms with Gasteiger partial charge in [0.25, 0.3) is 0 Å². The molecule has 2 unspecified atom stereocenters. The first-order chi connectivity index (χ1) is 11.8. The Hall–Kier alpha value is -2.07. The Kier molecular flexibility index (Phi) is 4.50. The van der Waals surface area contributed by atoms with Crippen molar-refractivity contribution < 1.29 is 29.0 Å². The van der Waals surface area contributed by atoms with Crippen molar-refractivity contribution in [1.29, 1.82) is 0 Å². The molecular weight excluding hydrogens is 368 g/mol. The number of hydrogen-bond donors (Lipinski definition) is 1. The van der Waals surface area contributed by atoms with Crippen molar-refractivity contribution in [3.05, 3.63) is 17.5 Å². The summed E-state index contributed by atoms with van der Waals surface area (Å²) < 4.78 is 4.63. The molecule has 2 amide bonds. The minimum absolute atomic E-state index is 0.0177. The number of amides is 2. The zero-order valence-electron chi connectivity index (χ0n) is 13.5. The van der Waals surface area contributed by atoms with Crippen molar-refractivity contribution in [2.75, 3.05) is 24.3 Å². The Bertz CT molecular complexity index is 736. The van der Waals surface area contributed by atoms with Crippen LogP contribution in [0.2, 0.25) is 0 Å². The Balaban J connectivity index is 1.86. The number of rotatable bonds is 4. The standard InChI is InChI=1S/C15H16N2O6S2/c1-8(18)17(9-4-3-5-24-9)10-11(19)16-6-15(13(20)21,14(22)23-2)7-25-12(10)16/h3-5,10,12H,6-7H2,1-2H3,(H,20,21)/t10?,12-,15?/m1/s1. The van der Waals surface area contributed by atoms with Crippen LogP contribution in [-0.2, 0) is 23.9 Å². The first-order valence-electron chi connectivity index (χ1n) is 7.40. The molecule has 3 rings (SSSR count). The summed E-state index contributed by atoms with van der Waals surface area (Å²) in [4.78, 5) is 51.1. The Morgan fingerprint density at radius 2 is 2.16 bits per heavy atom. The second-order valence-corrected chi connectivity index (χ2v) is 7.86. The predicted molar refractivity (Wildman–Crippen MR) is 91.3 cm³/mol. The van der Waals surface area contributed by atoms with Crippen molar-refractivity contribution >= 4 is 51.9 Å². The molecular formula is C15H16N2O6S2. The highest BCUT2D eigenvalue weighted by molar-refractivity contribution is 8.00. The predicted octanol–water partition coefficient (Wildman–Crippen LogP) is 0.629. The van der Waals surface area contributed by atoms with Crippen LogP contribution in [0.1, 0.15) is 6.92 Å². The summed E-state index contributed by atoms with van der Waals surface area (Å²) in [7, 11) is 1.12. The average molecular weight is 384 g/mol. The molecule has 1 aromatic rings. The molecule has 0 bridgehead atoms. The van der Waals surface area contributed by atoms with E-state index in [1.54, 1.807) is 12.1 Å². The van der Waals surface area contributed by atoms with Gasteiger partial charge in [-0.2, -0.15) is 0 Å². The number of ether oxygens (including phenoxy) is 1. The third-order valence-corrected chi connectivity index (χ3v) is 6.78. The lowest BCUT2D eigenvalue weighted by Crippen LogP contribution is -2.75. The molecule has 0 saturated carbocycles. The molecule has 0 radical (unpaired) electrons. The van der Waals surface area contributed by atoms with E-state index in [9.17, 15) is 24.3 Å². The number of carboxylic acids is 1. The number of esters is 1. The van der Waals surface area contributed by atoms with E-state index < -0.39 is 23.4 Å². The van der Waals surface area contributed by atoms with E-state index in [0.29, 0.717) is 5.00 Å². The van der Waals surface area contributed by atoms with Crippen molar-refractivity contribution in [3.8, 4) is 0 Å². The van der Waals surface area contributed by atoms with Gasteiger partial charge in [-0.05, 0) is 17.5 Å². The van der Waals surface area contributed by atoms with E-state index in [0.717, 1.165) is 7.11 Å². The van der Waals surface area contributed by atoms with Gasteiger partial charge < -0.3 is 14.7 Å². The lowest BCUT2D eigenvalue weighted by atomic mass is 9.87. The maximum Gasteiger partial charge on any atom is 0.325 e. The average Bonchev–Trinajstić information content (AvgIpc) is 3.11. The van der Waals surface area contributed by atoms with E-state index in [2.05, 4.69) is 4.74 Å². The summed E-state index contributed by atoms with van der Waals surface area (Å²) in [5.74, 6) is -2.83. The zero-order chi connectivity index (χ0) is 18.4. The molecule has 1 aromatic heterocycles. The Morgan fingerprint density at radius 1 is 1.44 bits per heavy atom. The summed E-state index contributed by atoms with van der Waals surface area (Å²) in [6, 6.07) is 2.86. The highest BCUT2D eigenvalue weighted by Gasteiger charge is 2.62. The molecule has 0 aromatic carbocycles. The molecule has 2 saturated heterocycles. The number of nitrogens with zero attached hydrogens (tertiary/aromatic N) is 2. The second-order valence-electron chi connectivity index (χ2n) is 5.83.